The molecule has 0 spiro atoms. The molecule has 1 amide bonds. The summed E-state index contributed by atoms with van der Waals surface area (Å²) in [5.41, 5.74) is 1.53. The molecule has 0 N–H and O–H groups in total. The quantitative estimate of drug-likeness (QED) is 0.419. The van der Waals surface area contributed by atoms with Crippen LogP contribution in [0.4, 0.5) is 9.93 Å². The third kappa shape index (κ3) is 5.18. The van der Waals surface area contributed by atoms with Crippen molar-refractivity contribution in [2.45, 2.75) is 45.9 Å². The number of fused-ring (bicyclic) bond motifs is 1. The van der Waals surface area contributed by atoms with E-state index >= 15 is 0 Å². The van der Waals surface area contributed by atoms with Gasteiger partial charge >= 0.3 is 6.09 Å². The molecule has 1 atom stereocenters. The molecule has 0 saturated carbocycles. The lowest BCUT2D eigenvalue weighted by atomic mass is 10.2. The molecule has 2 heterocycles. The Labute approximate surface area is 201 Å². The van der Waals surface area contributed by atoms with Gasteiger partial charge in [-0.25, -0.2) is 9.78 Å². The van der Waals surface area contributed by atoms with E-state index in [1.54, 1.807) is 16.2 Å². The zero-order valence-electron chi connectivity index (χ0n) is 18.8. The lowest BCUT2D eigenvalue weighted by molar-refractivity contribution is 0.0159. The third-order valence-electron chi connectivity index (χ3n) is 5.21. The molecule has 1 aliphatic rings. The van der Waals surface area contributed by atoms with Crippen molar-refractivity contribution in [2.75, 3.05) is 24.5 Å². The van der Waals surface area contributed by atoms with Gasteiger partial charge in [-0.2, -0.15) is 0 Å². The number of nitrogens with zero attached hydrogens (tertiary/aromatic N) is 3. The van der Waals surface area contributed by atoms with Gasteiger partial charge in [0.1, 0.15) is 23.5 Å². The zero-order valence-corrected chi connectivity index (χ0v) is 21.2. The van der Waals surface area contributed by atoms with Crippen LogP contribution in [-0.4, -0.2) is 47.3 Å². The number of aromatic nitrogens is 1. The predicted molar refractivity (Wildman–Crippen MR) is 133 cm³/mol. The van der Waals surface area contributed by atoms with Crippen molar-refractivity contribution in [3.05, 3.63) is 52.5 Å². The van der Waals surface area contributed by atoms with Crippen LogP contribution in [0, 0.1) is 0 Å². The summed E-state index contributed by atoms with van der Waals surface area (Å²) in [7, 11) is 0. The minimum Gasteiger partial charge on any atom is -0.487 e. The molecule has 0 aliphatic carbocycles. The molecule has 0 bridgehead atoms. The van der Waals surface area contributed by atoms with Gasteiger partial charge in [0.05, 0.1) is 4.70 Å². The Morgan fingerprint density at radius 2 is 1.94 bits per heavy atom. The lowest BCUT2D eigenvalue weighted by Crippen LogP contribution is -2.55. The Morgan fingerprint density at radius 3 is 2.62 bits per heavy atom. The number of halogens is 1. The first-order chi connectivity index (χ1) is 15.2. The summed E-state index contributed by atoms with van der Waals surface area (Å²) in [5.74, 6) is 0.830. The van der Waals surface area contributed by atoms with E-state index in [0.29, 0.717) is 26.2 Å². The fraction of sp³-hybridized carbons (Fsp3) is 0.417. The smallest absolute Gasteiger partial charge is 0.410 e. The largest absolute Gasteiger partial charge is 0.487 e. The maximum Gasteiger partial charge on any atom is 0.410 e. The second-order valence-electron chi connectivity index (χ2n) is 8.96. The highest BCUT2D eigenvalue weighted by Crippen LogP contribution is 2.40. The number of thiazole rings is 1. The van der Waals surface area contributed by atoms with Gasteiger partial charge in [-0.15, -0.1) is 0 Å². The van der Waals surface area contributed by atoms with Crippen molar-refractivity contribution in [3.63, 3.8) is 0 Å². The molecule has 32 heavy (non-hydrogen) atoms. The third-order valence-corrected chi connectivity index (χ3v) is 6.98. The van der Waals surface area contributed by atoms with Crippen LogP contribution >= 0.6 is 27.3 Å². The number of anilines is 1. The normalized spacial score (nSPS) is 17.0. The van der Waals surface area contributed by atoms with Gasteiger partial charge < -0.3 is 19.3 Å². The van der Waals surface area contributed by atoms with Crippen LogP contribution in [0.2, 0.25) is 0 Å². The van der Waals surface area contributed by atoms with E-state index in [9.17, 15) is 4.79 Å². The number of hydrogen-bond donors (Lipinski definition) is 0. The van der Waals surface area contributed by atoms with Crippen molar-refractivity contribution < 1.29 is 14.3 Å². The summed E-state index contributed by atoms with van der Waals surface area (Å²) >= 11 is 5.26. The predicted octanol–water partition coefficient (Wildman–Crippen LogP) is 6.08. The number of piperazine rings is 1. The highest BCUT2D eigenvalue weighted by Gasteiger charge is 2.32. The SMILES string of the molecule is C[C@@H]1CN(c2nc3c(Br)ccc(OCc4ccccc4)c3s2)CCN1C(=O)OC(C)(C)C. The summed E-state index contributed by atoms with van der Waals surface area (Å²) in [5, 5.41) is 0.937. The maximum atomic E-state index is 12.5. The molecule has 8 heteroatoms. The first kappa shape index (κ1) is 22.9. The summed E-state index contributed by atoms with van der Waals surface area (Å²) in [6, 6.07) is 14.1. The summed E-state index contributed by atoms with van der Waals surface area (Å²) in [4.78, 5) is 21.5. The fourth-order valence-electron chi connectivity index (χ4n) is 3.65. The van der Waals surface area contributed by atoms with Gasteiger partial charge in [0.15, 0.2) is 5.13 Å². The topological polar surface area (TPSA) is 54.9 Å². The van der Waals surface area contributed by atoms with Gasteiger partial charge in [-0.3, -0.25) is 0 Å². The lowest BCUT2D eigenvalue weighted by Gasteiger charge is -2.40. The number of carbonyl (C=O) groups is 1. The first-order valence-corrected chi connectivity index (χ1v) is 12.3. The Balaban J connectivity index is 1.50. The molecule has 2 aromatic carbocycles. The molecule has 1 saturated heterocycles. The minimum absolute atomic E-state index is 0.0304. The van der Waals surface area contributed by atoms with Crippen LogP contribution < -0.4 is 9.64 Å². The van der Waals surface area contributed by atoms with E-state index in [0.717, 1.165) is 31.1 Å². The minimum atomic E-state index is -0.497. The number of amides is 1. The Kier molecular flexibility index (Phi) is 6.62. The highest BCUT2D eigenvalue weighted by atomic mass is 79.9. The van der Waals surface area contributed by atoms with Crippen LogP contribution in [-0.2, 0) is 11.3 Å². The number of rotatable bonds is 4. The zero-order chi connectivity index (χ0) is 22.9. The van der Waals surface area contributed by atoms with E-state index < -0.39 is 5.60 Å². The molecule has 0 unspecified atom stereocenters. The molecule has 170 valence electrons. The number of carbonyl (C=O) groups excluding carboxylic acids is 1. The van der Waals surface area contributed by atoms with Crippen molar-refractivity contribution in [3.8, 4) is 5.75 Å². The van der Waals surface area contributed by atoms with Gasteiger partial charge in [0.25, 0.3) is 0 Å². The standard InChI is InChI=1S/C24H28BrN3O3S/c1-16-14-27(12-13-28(16)23(29)31-24(2,3)4)22-26-20-18(25)10-11-19(21(20)32-22)30-15-17-8-6-5-7-9-17/h5-11,16H,12-15H2,1-4H3/t16-/m1/s1. The van der Waals surface area contributed by atoms with Crippen molar-refractivity contribution >= 4 is 48.7 Å². The summed E-state index contributed by atoms with van der Waals surface area (Å²) < 4.78 is 13.7. The average Bonchev–Trinajstić information content (AvgIpc) is 3.19. The van der Waals surface area contributed by atoms with Crippen LogP contribution in [0.15, 0.2) is 46.9 Å². The Morgan fingerprint density at radius 1 is 1.19 bits per heavy atom. The van der Waals surface area contributed by atoms with E-state index in [4.69, 9.17) is 14.5 Å². The first-order valence-electron chi connectivity index (χ1n) is 10.7. The van der Waals surface area contributed by atoms with Crippen LogP contribution in [0.1, 0.15) is 33.3 Å². The van der Waals surface area contributed by atoms with Gasteiger partial charge in [0, 0.05) is 30.1 Å². The second kappa shape index (κ2) is 9.27. The molecule has 3 aromatic rings. The Hall–Kier alpha value is -2.32. The molecule has 1 aliphatic heterocycles. The van der Waals surface area contributed by atoms with Crippen LogP contribution in [0.5, 0.6) is 5.75 Å². The molecule has 1 aromatic heterocycles. The van der Waals surface area contributed by atoms with E-state index in [1.165, 1.54) is 0 Å². The van der Waals surface area contributed by atoms with Gasteiger partial charge in [-0.1, -0.05) is 41.7 Å². The Bertz CT molecular complexity index is 1100. The van der Waals surface area contributed by atoms with Crippen LogP contribution in [0.25, 0.3) is 10.2 Å². The molecular formula is C24H28BrN3O3S. The molecular weight excluding hydrogens is 490 g/mol. The van der Waals surface area contributed by atoms with Crippen molar-refractivity contribution in [2.24, 2.45) is 0 Å². The highest BCUT2D eigenvalue weighted by molar-refractivity contribution is 9.10. The molecule has 0 radical (unpaired) electrons. The molecule has 4 rings (SSSR count). The number of ether oxygens (including phenoxy) is 2. The molecule has 6 nitrogen and oxygen atoms in total. The van der Waals surface area contributed by atoms with E-state index in [2.05, 4.69) is 33.0 Å². The van der Waals surface area contributed by atoms with Gasteiger partial charge in [0.2, 0.25) is 0 Å². The van der Waals surface area contributed by atoms with Crippen molar-refractivity contribution in [1.29, 1.82) is 0 Å². The summed E-state index contributed by atoms with van der Waals surface area (Å²) in [6.45, 7) is 10.2. The van der Waals surface area contributed by atoms with Crippen molar-refractivity contribution in [1.82, 2.24) is 9.88 Å². The van der Waals surface area contributed by atoms with Crippen LogP contribution in [0.3, 0.4) is 0 Å². The summed E-state index contributed by atoms with van der Waals surface area (Å²) in [6.07, 6.45) is -0.256. The number of hydrogen-bond acceptors (Lipinski definition) is 6. The van der Waals surface area contributed by atoms with E-state index in [-0.39, 0.29) is 12.1 Å². The second-order valence-corrected chi connectivity index (χ2v) is 10.8. The molecule has 1 fully saturated rings. The number of benzene rings is 2. The van der Waals surface area contributed by atoms with E-state index in [1.807, 2.05) is 58.0 Å². The fourth-order valence-corrected chi connectivity index (χ4v) is 5.29. The average molecular weight is 518 g/mol. The monoisotopic (exact) mass is 517 g/mol. The maximum absolute atomic E-state index is 12.5. The van der Waals surface area contributed by atoms with Gasteiger partial charge in [-0.05, 0) is 61.3 Å².